The van der Waals surface area contributed by atoms with Crippen molar-refractivity contribution in [2.75, 3.05) is 13.1 Å². The summed E-state index contributed by atoms with van der Waals surface area (Å²) in [5.41, 5.74) is 0.853. The van der Waals surface area contributed by atoms with Gasteiger partial charge in [0.25, 0.3) is 0 Å². The van der Waals surface area contributed by atoms with E-state index in [-0.39, 0.29) is 38.3 Å². The molecule has 1 fully saturated rings. The number of hydrogen-bond donors (Lipinski definition) is 2. The number of carbonyl (C=O) groups excluding carboxylic acids is 1. The van der Waals surface area contributed by atoms with Gasteiger partial charge in [0.2, 0.25) is 5.91 Å². The molecule has 1 atom stereocenters. The number of nitrogens with one attached hydrogen (secondary N) is 1. The number of rotatable bonds is 3. The number of likely N-dealkylation sites (tertiary alicyclic amines) is 1. The van der Waals surface area contributed by atoms with Crippen molar-refractivity contribution in [3.05, 3.63) is 14.5 Å². The van der Waals surface area contributed by atoms with Crippen molar-refractivity contribution in [2.24, 2.45) is 5.92 Å². The summed E-state index contributed by atoms with van der Waals surface area (Å²) in [6.07, 6.45) is -6.37. The van der Waals surface area contributed by atoms with E-state index in [9.17, 15) is 23.1 Å². The average Bonchev–Trinajstić information content (AvgIpc) is 2.75. The van der Waals surface area contributed by atoms with Gasteiger partial charge in [-0.3, -0.25) is 4.79 Å². The minimum Gasteiger partial charge on any atom is -0.383 e. The summed E-state index contributed by atoms with van der Waals surface area (Å²) in [6, 6.07) is 0. The predicted molar refractivity (Wildman–Crippen MR) is 79.3 cm³/mol. The molecule has 0 bridgehead atoms. The number of hydrogen-bond acceptors (Lipinski definition) is 4. The van der Waals surface area contributed by atoms with E-state index in [4.69, 9.17) is 12.2 Å². The van der Waals surface area contributed by atoms with Crippen LogP contribution >= 0.6 is 23.6 Å². The summed E-state index contributed by atoms with van der Waals surface area (Å²) in [6.45, 7) is 2.32. The zero-order valence-corrected chi connectivity index (χ0v) is 13.6. The van der Waals surface area contributed by atoms with E-state index in [2.05, 4.69) is 4.98 Å². The molecule has 1 aliphatic rings. The molecular weight excluding hydrogens is 337 g/mol. The van der Waals surface area contributed by atoms with Crippen LogP contribution in [-0.4, -0.2) is 46.3 Å². The van der Waals surface area contributed by atoms with E-state index in [0.29, 0.717) is 3.95 Å². The highest BCUT2D eigenvalue weighted by molar-refractivity contribution is 7.73. The molecule has 1 saturated heterocycles. The summed E-state index contributed by atoms with van der Waals surface area (Å²) in [5.74, 6) is -0.951. The van der Waals surface area contributed by atoms with Crippen LogP contribution in [0.25, 0.3) is 0 Å². The molecule has 2 N–H and O–H groups in total. The average molecular weight is 354 g/mol. The summed E-state index contributed by atoms with van der Waals surface area (Å²) < 4.78 is 38.0. The number of carbonyl (C=O) groups is 1. The molecule has 1 aliphatic heterocycles. The van der Waals surface area contributed by atoms with Crippen molar-refractivity contribution in [1.29, 1.82) is 0 Å². The number of aliphatic hydroxyl groups is 1. The van der Waals surface area contributed by atoms with Crippen molar-refractivity contribution < 1.29 is 23.1 Å². The second-order valence-corrected chi connectivity index (χ2v) is 7.22. The van der Waals surface area contributed by atoms with E-state index in [1.165, 1.54) is 11.3 Å². The Bertz CT molecular complexity index is 589. The Balaban J connectivity index is 1.90. The smallest absolute Gasteiger partial charge is 0.383 e. The highest BCUT2D eigenvalue weighted by Gasteiger charge is 2.44. The number of aryl methyl sites for hydroxylation is 1. The number of thiazole rings is 1. The minimum atomic E-state index is -4.60. The van der Waals surface area contributed by atoms with E-state index >= 15 is 0 Å². The molecule has 124 valence electrons. The van der Waals surface area contributed by atoms with Gasteiger partial charge in [-0.2, -0.15) is 13.2 Å². The Hall–Kier alpha value is -0.930. The maximum absolute atomic E-state index is 12.5. The van der Waals surface area contributed by atoms with Crippen LogP contribution in [0.3, 0.4) is 0 Å². The van der Waals surface area contributed by atoms with Crippen LogP contribution in [0, 0.1) is 16.8 Å². The molecule has 0 spiro atoms. The Morgan fingerprint density at radius 1 is 1.50 bits per heavy atom. The number of nitrogens with zero attached hydrogens (tertiary/aromatic N) is 1. The fourth-order valence-electron chi connectivity index (χ4n) is 2.59. The number of aliphatic hydroxyl groups excluding tert-OH is 1. The van der Waals surface area contributed by atoms with Gasteiger partial charge in [-0.15, -0.1) is 11.3 Å². The van der Waals surface area contributed by atoms with E-state index in [0.717, 1.165) is 10.6 Å². The number of aromatic nitrogens is 1. The van der Waals surface area contributed by atoms with E-state index in [1.54, 1.807) is 4.90 Å². The third-order valence-corrected chi connectivity index (χ3v) is 5.25. The fraction of sp³-hybridized carbons (Fsp3) is 0.692. The topological polar surface area (TPSA) is 56.3 Å². The number of halogens is 3. The molecule has 0 radical (unpaired) electrons. The first-order valence-electron chi connectivity index (χ1n) is 6.89. The van der Waals surface area contributed by atoms with Crippen molar-refractivity contribution in [2.45, 2.75) is 38.5 Å². The fourth-order valence-corrected chi connectivity index (χ4v) is 3.87. The molecule has 0 aliphatic carbocycles. The van der Waals surface area contributed by atoms with Crippen LogP contribution in [0.15, 0.2) is 0 Å². The minimum absolute atomic E-state index is 0.117. The molecule has 0 saturated carbocycles. The van der Waals surface area contributed by atoms with Gasteiger partial charge in [0, 0.05) is 23.7 Å². The maximum atomic E-state index is 12.5. The zero-order chi connectivity index (χ0) is 16.5. The van der Waals surface area contributed by atoms with Gasteiger partial charge in [-0.05, 0) is 37.9 Å². The molecule has 0 aromatic carbocycles. The third kappa shape index (κ3) is 4.08. The molecule has 1 aromatic rings. The number of H-pyrrole nitrogens is 1. The van der Waals surface area contributed by atoms with Crippen LogP contribution < -0.4 is 0 Å². The summed E-state index contributed by atoms with van der Waals surface area (Å²) in [5, 5.41) is 9.27. The van der Waals surface area contributed by atoms with Gasteiger partial charge in [0.1, 0.15) is 0 Å². The van der Waals surface area contributed by atoms with Gasteiger partial charge >= 0.3 is 6.18 Å². The lowest BCUT2D eigenvalue weighted by Crippen LogP contribution is -2.45. The lowest BCUT2D eigenvalue weighted by Gasteiger charge is -2.34. The molecule has 9 heteroatoms. The Morgan fingerprint density at radius 3 is 2.55 bits per heavy atom. The second-order valence-electron chi connectivity index (χ2n) is 5.44. The summed E-state index contributed by atoms with van der Waals surface area (Å²) >= 11 is 6.35. The van der Waals surface area contributed by atoms with Crippen LogP contribution in [-0.2, 0) is 11.2 Å². The summed E-state index contributed by atoms with van der Waals surface area (Å²) in [7, 11) is 0. The standard InChI is InChI=1S/C13H17F3N2O2S2/c1-7-9(22-12(21)17-7)6-10(19)18-4-2-8(3-5-18)11(20)13(14,15)16/h8,11,20H,2-6H2,1H3,(H,17,21). The number of amides is 1. The largest absolute Gasteiger partial charge is 0.414 e. The molecule has 22 heavy (non-hydrogen) atoms. The zero-order valence-electron chi connectivity index (χ0n) is 11.9. The van der Waals surface area contributed by atoms with E-state index < -0.39 is 18.2 Å². The molecular formula is C13H17F3N2O2S2. The van der Waals surface area contributed by atoms with Gasteiger partial charge in [0.15, 0.2) is 10.1 Å². The van der Waals surface area contributed by atoms with Crippen molar-refractivity contribution in [1.82, 2.24) is 9.88 Å². The quantitative estimate of drug-likeness (QED) is 0.821. The van der Waals surface area contributed by atoms with Crippen LogP contribution in [0.2, 0.25) is 0 Å². The Labute approximate surface area is 135 Å². The molecule has 2 heterocycles. The number of alkyl halides is 3. The predicted octanol–water partition coefficient (Wildman–Crippen LogP) is 2.82. The monoisotopic (exact) mass is 354 g/mol. The number of aromatic amines is 1. The maximum Gasteiger partial charge on any atom is 0.414 e. The normalized spacial score (nSPS) is 18.5. The first-order chi connectivity index (χ1) is 10.2. The van der Waals surface area contributed by atoms with Crippen molar-refractivity contribution >= 4 is 29.5 Å². The SMILES string of the molecule is Cc1[nH]c(=S)sc1CC(=O)N1CCC(C(O)C(F)(F)F)CC1. The summed E-state index contributed by atoms with van der Waals surface area (Å²) in [4.78, 5) is 17.6. The van der Waals surface area contributed by atoms with Gasteiger partial charge in [0.05, 0.1) is 6.42 Å². The van der Waals surface area contributed by atoms with Crippen LogP contribution in [0.5, 0.6) is 0 Å². The van der Waals surface area contributed by atoms with Crippen molar-refractivity contribution in [3.8, 4) is 0 Å². The first-order valence-corrected chi connectivity index (χ1v) is 8.12. The molecule has 1 aromatic heterocycles. The third-order valence-electron chi connectivity index (χ3n) is 3.91. The highest BCUT2D eigenvalue weighted by Crippen LogP contribution is 2.31. The Kier molecular flexibility index (Phi) is 5.29. The van der Waals surface area contributed by atoms with Crippen LogP contribution in [0.4, 0.5) is 13.2 Å². The van der Waals surface area contributed by atoms with Gasteiger partial charge < -0.3 is 15.0 Å². The van der Waals surface area contributed by atoms with Gasteiger partial charge in [-0.1, -0.05) is 0 Å². The first kappa shape index (κ1) is 17.4. The molecule has 4 nitrogen and oxygen atoms in total. The molecule has 2 rings (SSSR count). The molecule has 1 unspecified atom stereocenters. The molecule has 1 amide bonds. The lowest BCUT2D eigenvalue weighted by molar-refractivity contribution is -0.222. The number of piperidine rings is 1. The van der Waals surface area contributed by atoms with Crippen molar-refractivity contribution in [3.63, 3.8) is 0 Å². The highest BCUT2D eigenvalue weighted by atomic mass is 32.1. The second kappa shape index (κ2) is 6.67. The van der Waals surface area contributed by atoms with Gasteiger partial charge in [-0.25, -0.2) is 0 Å². The van der Waals surface area contributed by atoms with E-state index in [1.807, 2.05) is 6.92 Å². The Morgan fingerprint density at radius 2 is 2.09 bits per heavy atom. The lowest BCUT2D eigenvalue weighted by atomic mass is 9.90. The van der Waals surface area contributed by atoms with Crippen LogP contribution in [0.1, 0.15) is 23.4 Å².